The Balaban J connectivity index is 1.91. The van der Waals surface area contributed by atoms with Crippen molar-refractivity contribution in [2.45, 2.75) is 0 Å². The van der Waals surface area contributed by atoms with E-state index in [0.29, 0.717) is 5.69 Å². The van der Waals surface area contributed by atoms with E-state index in [1.165, 1.54) is 11.3 Å². The molecule has 4 rings (SSSR count). The van der Waals surface area contributed by atoms with Gasteiger partial charge in [-0.1, -0.05) is 12.1 Å². The minimum absolute atomic E-state index is 0.616. The molecule has 6 heteroatoms. The number of benzene rings is 1. The van der Waals surface area contributed by atoms with Crippen molar-refractivity contribution in [3.05, 3.63) is 41.5 Å². The van der Waals surface area contributed by atoms with Crippen LogP contribution < -0.4 is 9.80 Å². The van der Waals surface area contributed by atoms with Gasteiger partial charge >= 0.3 is 0 Å². The lowest BCUT2D eigenvalue weighted by Crippen LogP contribution is -2.37. The van der Waals surface area contributed by atoms with Gasteiger partial charge in [0.05, 0.1) is 11.4 Å². The Morgan fingerprint density at radius 2 is 2.05 bits per heavy atom. The molecule has 21 heavy (non-hydrogen) atoms. The number of para-hydroxylation sites is 2. The summed E-state index contributed by atoms with van der Waals surface area (Å²) in [5.41, 5.74) is 2.88. The van der Waals surface area contributed by atoms with Crippen LogP contribution in [-0.2, 0) is 0 Å². The van der Waals surface area contributed by atoms with Crippen LogP contribution in [0.15, 0.2) is 35.8 Å². The molecule has 0 saturated heterocycles. The van der Waals surface area contributed by atoms with Crippen molar-refractivity contribution in [1.82, 2.24) is 9.38 Å². The Hall–Kier alpha value is -2.34. The maximum Gasteiger partial charge on any atom is 0.196 e. The SMILES string of the molecule is CN1CCN(c2nc3sccn3c2C=O)c2ccccc21. The van der Waals surface area contributed by atoms with Crippen LogP contribution >= 0.6 is 11.3 Å². The van der Waals surface area contributed by atoms with E-state index >= 15 is 0 Å². The highest BCUT2D eigenvalue weighted by molar-refractivity contribution is 7.15. The number of rotatable bonds is 2. The average Bonchev–Trinajstić information content (AvgIpc) is 3.08. The van der Waals surface area contributed by atoms with Crippen molar-refractivity contribution >= 4 is 39.8 Å². The number of imidazole rings is 1. The van der Waals surface area contributed by atoms with Gasteiger partial charge < -0.3 is 9.80 Å². The summed E-state index contributed by atoms with van der Waals surface area (Å²) in [6.45, 7) is 1.72. The molecule has 0 saturated carbocycles. The van der Waals surface area contributed by atoms with Crippen LogP contribution in [0.25, 0.3) is 4.96 Å². The topological polar surface area (TPSA) is 40.9 Å². The zero-order valence-corrected chi connectivity index (χ0v) is 12.4. The first-order valence-electron chi connectivity index (χ1n) is 6.78. The largest absolute Gasteiger partial charge is 0.371 e. The lowest BCUT2D eigenvalue weighted by atomic mass is 10.1. The van der Waals surface area contributed by atoms with Gasteiger partial charge in [-0.25, -0.2) is 4.98 Å². The van der Waals surface area contributed by atoms with Gasteiger partial charge in [0.25, 0.3) is 0 Å². The predicted octanol–water partition coefficient (Wildman–Crippen LogP) is 2.80. The smallest absolute Gasteiger partial charge is 0.196 e. The first-order chi connectivity index (χ1) is 10.3. The van der Waals surface area contributed by atoms with Crippen molar-refractivity contribution in [3.8, 4) is 0 Å². The van der Waals surface area contributed by atoms with Gasteiger partial charge in [-0.2, -0.15) is 0 Å². The van der Waals surface area contributed by atoms with E-state index in [-0.39, 0.29) is 0 Å². The molecule has 0 aliphatic carbocycles. The highest BCUT2D eigenvalue weighted by Crippen LogP contribution is 2.38. The number of likely N-dealkylation sites (N-methyl/N-ethyl adjacent to an activating group) is 1. The fourth-order valence-electron chi connectivity index (χ4n) is 2.83. The normalized spacial score (nSPS) is 14.5. The quantitative estimate of drug-likeness (QED) is 0.682. The minimum Gasteiger partial charge on any atom is -0.371 e. The number of aldehydes is 1. The summed E-state index contributed by atoms with van der Waals surface area (Å²) in [7, 11) is 2.09. The van der Waals surface area contributed by atoms with Gasteiger partial charge in [0, 0.05) is 31.7 Å². The van der Waals surface area contributed by atoms with Crippen molar-refractivity contribution in [3.63, 3.8) is 0 Å². The number of carbonyl (C=O) groups is 1. The highest BCUT2D eigenvalue weighted by atomic mass is 32.1. The fourth-order valence-corrected chi connectivity index (χ4v) is 3.54. The van der Waals surface area contributed by atoms with Gasteiger partial charge in [-0.3, -0.25) is 9.20 Å². The van der Waals surface area contributed by atoms with Crippen molar-refractivity contribution < 1.29 is 4.79 Å². The van der Waals surface area contributed by atoms with Crippen LogP contribution in [0.3, 0.4) is 0 Å². The minimum atomic E-state index is 0.616. The summed E-state index contributed by atoms with van der Waals surface area (Å²) in [5, 5.41) is 1.94. The molecular weight excluding hydrogens is 284 g/mol. The molecule has 0 radical (unpaired) electrons. The molecule has 0 amide bonds. The van der Waals surface area contributed by atoms with E-state index in [1.54, 1.807) is 0 Å². The Kier molecular flexibility index (Phi) is 2.71. The number of thiazole rings is 1. The van der Waals surface area contributed by atoms with Crippen LogP contribution in [0, 0.1) is 0 Å². The zero-order chi connectivity index (χ0) is 14.4. The van der Waals surface area contributed by atoms with E-state index in [9.17, 15) is 4.79 Å². The number of carbonyl (C=O) groups excluding carboxylic acids is 1. The highest BCUT2D eigenvalue weighted by Gasteiger charge is 2.26. The van der Waals surface area contributed by atoms with E-state index in [4.69, 9.17) is 0 Å². The number of hydrogen-bond acceptors (Lipinski definition) is 5. The van der Waals surface area contributed by atoms with Crippen LogP contribution in [-0.4, -0.2) is 35.8 Å². The van der Waals surface area contributed by atoms with E-state index < -0.39 is 0 Å². The monoisotopic (exact) mass is 298 g/mol. The predicted molar refractivity (Wildman–Crippen MR) is 85.2 cm³/mol. The summed E-state index contributed by atoms with van der Waals surface area (Å²) in [6.07, 6.45) is 2.78. The Labute approximate surface area is 126 Å². The lowest BCUT2D eigenvalue weighted by Gasteiger charge is -2.35. The Morgan fingerprint density at radius 3 is 2.86 bits per heavy atom. The average molecular weight is 298 g/mol. The number of fused-ring (bicyclic) bond motifs is 2. The number of anilines is 3. The van der Waals surface area contributed by atoms with Crippen molar-refractivity contribution in [2.24, 2.45) is 0 Å². The molecule has 3 heterocycles. The van der Waals surface area contributed by atoms with Gasteiger partial charge in [0.15, 0.2) is 17.1 Å². The zero-order valence-electron chi connectivity index (χ0n) is 11.6. The summed E-state index contributed by atoms with van der Waals surface area (Å²) in [5.74, 6) is 0.748. The molecule has 1 aliphatic heterocycles. The second-order valence-corrected chi connectivity index (χ2v) is 5.93. The molecule has 0 spiro atoms. The van der Waals surface area contributed by atoms with Crippen LogP contribution in [0.5, 0.6) is 0 Å². The standard InChI is InChI=1S/C15H14N4OS/c1-17-6-7-18(12-5-3-2-4-11(12)17)14-13(10-20)19-8-9-21-15(19)16-14/h2-5,8-10H,6-7H2,1H3. The number of aromatic nitrogens is 2. The lowest BCUT2D eigenvalue weighted by molar-refractivity contribution is 0.111. The molecule has 0 N–H and O–H groups in total. The number of nitrogens with zero attached hydrogens (tertiary/aromatic N) is 4. The molecular formula is C15H14N4OS. The van der Waals surface area contributed by atoms with Crippen molar-refractivity contribution in [1.29, 1.82) is 0 Å². The molecule has 0 bridgehead atoms. The van der Waals surface area contributed by atoms with Crippen molar-refractivity contribution in [2.75, 3.05) is 29.9 Å². The molecule has 2 aromatic heterocycles. The maximum absolute atomic E-state index is 11.5. The van der Waals surface area contributed by atoms with Gasteiger partial charge in [0.2, 0.25) is 0 Å². The molecule has 3 aromatic rings. The molecule has 106 valence electrons. The second-order valence-electron chi connectivity index (χ2n) is 5.06. The Bertz CT molecular complexity index is 822. The van der Waals surface area contributed by atoms with Gasteiger partial charge in [0.1, 0.15) is 5.69 Å². The summed E-state index contributed by atoms with van der Waals surface area (Å²) >= 11 is 1.54. The third kappa shape index (κ3) is 1.76. The first kappa shape index (κ1) is 12.4. The van der Waals surface area contributed by atoms with E-state index in [0.717, 1.165) is 41.5 Å². The maximum atomic E-state index is 11.5. The van der Waals surface area contributed by atoms with Gasteiger partial charge in [-0.15, -0.1) is 11.3 Å². The molecule has 1 aromatic carbocycles. The van der Waals surface area contributed by atoms with E-state index in [1.807, 2.05) is 28.1 Å². The second kappa shape index (κ2) is 4.60. The number of hydrogen-bond donors (Lipinski definition) is 0. The summed E-state index contributed by atoms with van der Waals surface area (Å²) in [4.78, 5) is 21.4. The molecule has 0 atom stereocenters. The Morgan fingerprint density at radius 1 is 1.24 bits per heavy atom. The van der Waals surface area contributed by atoms with Crippen LogP contribution in [0.4, 0.5) is 17.2 Å². The van der Waals surface area contributed by atoms with Crippen LogP contribution in [0.1, 0.15) is 10.5 Å². The first-order valence-corrected chi connectivity index (χ1v) is 7.66. The summed E-state index contributed by atoms with van der Waals surface area (Å²) in [6, 6.07) is 8.22. The van der Waals surface area contributed by atoms with Crippen LogP contribution in [0.2, 0.25) is 0 Å². The summed E-state index contributed by atoms with van der Waals surface area (Å²) < 4.78 is 1.86. The third-order valence-corrected chi connectivity index (χ3v) is 4.65. The molecule has 1 aliphatic rings. The molecule has 0 unspecified atom stereocenters. The third-order valence-electron chi connectivity index (χ3n) is 3.89. The molecule has 0 fully saturated rings. The van der Waals surface area contributed by atoms with Gasteiger partial charge in [-0.05, 0) is 12.1 Å². The fraction of sp³-hybridized carbons (Fsp3) is 0.200. The molecule has 5 nitrogen and oxygen atoms in total. The van der Waals surface area contributed by atoms with E-state index in [2.05, 4.69) is 34.0 Å².